The van der Waals surface area contributed by atoms with Gasteiger partial charge in [0, 0.05) is 23.8 Å². The fourth-order valence-corrected chi connectivity index (χ4v) is 3.29. The fourth-order valence-electron chi connectivity index (χ4n) is 2.64. The van der Waals surface area contributed by atoms with Gasteiger partial charge in [-0.25, -0.2) is 14.8 Å². The van der Waals surface area contributed by atoms with Crippen LogP contribution in [-0.2, 0) is 13.0 Å². The van der Waals surface area contributed by atoms with E-state index in [2.05, 4.69) is 22.2 Å². The molecule has 128 valence electrons. The van der Waals surface area contributed by atoms with Crippen molar-refractivity contribution in [2.45, 2.75) is 38.8 Å². The van der Waals surface area contributed by atoms with E-state index in [9.17, 15) is 4.79 Å². The summed E-state index contributed by atoms with van der Waals surface area (Å²) in [5.74, 6) is 0. The average molecular weight is 346 g/mol. The van der Waals surface area contributed by atoms with Gasteiger partial charge in [0.15, 0.2) is 0 Å². The number of nitrogens with one attached hydrogen (secondary N) is 1. The number of nitrogens with zero attached hydrogens (tertiary/aromatic N) is 3. The van der Waals surface area contributed by atoms with E-state index in [0.29, 0.717) is 19.1 Å². The van der Waals surface area contributed by atoms with E-state index in [-0.39, 0.29) is 12.1 Å². The molecule has 1 saturated heterocycles. The Kier molecular flexibility index (Phi) is 5.63. The lowest BCUT2D eigenvalue weighted by atomic mass is 10.1. The Bertz CT molecular complexity index is 645. The molecule has 0 aliphatic carbocycles. The van der Waals surface area contributed by atoms with E-state index in [1.165, 1.54) is 0 Å². The SMILES string of the molecule is CCc1cnc(OC2CCCN(C(=O)NCc3cccs3)C2)nc1. The summed E-state index contributed by atoms with van der Waals surface area (Å²) in [6.07, 6.45) is 6.26. The van der Waals surface area contributed by atoms with Crippen LogP contribution in [0.5, 0.6) is 6.01 Å². The van der Waals surface area contributed by atoms with Gasteiger partial charge in [-0.2, -0.15) is 0 Å². The van der Waals surface area contributed by atoms with Crippen LogP contribution >= 0.6 is 11.3 Å². The van der Waals surface area contributed by atoms with Crippen LogP contribution in [0.1, 0.15) is 30.2 Å². The van der Waals surface area contributed by atoms with Gasteiger partial charge in [-0.15, -0.1) is 11.3 Å². The molecular weight excluding hydrogens is 324 g/mol. The summed E-state index contributed by atoms with van der Waals surface area (Å²) >= 11 is 1.64. The van der Waals surface area contributed by atoms with Crippen LogP contribution in [0.2, 0.25) is 0 Å². The predicted molar refractivity (Wildman–Crippen MR) is 93.2 cm³/mol. The zero-order valence-corrected chi connectivity index (χ0v) is 14.6. The molecule has 7 heteroatoms. The molecule has 0 aromatic carbocycles. The Morgan fingerprint density at radius 1 is 1.46 bits per heavy atom. The van der Waals surface area contributed by atoms with Crippen molar-refractivity contribution in [2.24, 2.45) is 0 Å². The Balaban J connectivity index is 1.50. The summed E-state index contributed by atoms with van der Waals surface area (Å²) in [5.41, 5.74) is 1.08. The molecule has 2 amide bonds. The van der Waals surface area contributed by atoms with Crippen molar-refractivity contribution in [1.82, 2.24) is 20.2 Å². The second-order valence-electron chi connectivity index (χ2n) is 5.79. The topological polar surface area (TPSA) is 67.3 Å². The predicted octanol–water partition coefficient (Wildman–Crippen LogP) is 2.85. The molecule has 0 bridgehead atoms. The molecule has 3 rings (SSSR count). The number of urea groups is 1. The van der Waals surface area contributed by atoms with Gasteiger partial charge < -0.3 is 15.0 Å². The molecule has 1 atom stereocenters. The third kappa shape index (κ3) is 4.44. The maximum Gasteiger partial charge on any atom is 0.317 e. The minimum Gasteiger partial charge on any atom is -0.458 e. The third-order valence-electron chi connectivity index (χ3n) is 4.02. The van der Waals surface area contributed by atoms with E-state index < -0.39 is 0 Å². The van der Waals surface area contributed by atoms with E-state index in [0.717, 1.165) is 36.2 Å². The molecule has 1 N–H and O–H groups in total. The van der Waals surface area contributed by atoms with Gasteiger partial charge in [-0.1, -0.05) is 13.0 Å². The Morgan fingerprint density at radius 2 is 2.29 bits per heavy atom. The third-order valence-corrected chi connectivity index (χ3v) is 4.90. The van der Waals surface area contributed by atoms with Crippen LogP contribution in [0.15, 0.2) is 29.9 Å². The smallest absolute Gasteiger partial charge is 0.317 e. The Labute approximate surface area is 145 Å². The first kappa shape index (κ1) is 16.7. The number of piperidine rings is 1. The molecule has 0 saturated carbocycles. The number of amides is 2. The molecule has 1 aliphatic heterocycles. The zero-order chi connectivity index (χ0) is 16.8. The minimum atomic E-state index is -0.0567. The molecule has 2 aromatic rings. The molecule has 0 radical (unpaired) electrons. The van der Waals surface area contributed by atoms with Crippen molar-refractivity contribution in [3.05, 3.63) is 40.3 Å². The van der Waals surface area contributed by atoms with Gasteiger partial charge in [0.25, 0.3) is 0 Å². The van der Waals surface area contributed by atoms with Gasteiger partial charge in [0.1, 0.15) is 6.10 Å². The molecule has 1 aliphatic rings. The second-order valence-corrected chi connectivity index (χ2v) is 6.83. The molecule has 0 spiro atoms. The van der Waals surface area contributed by atoms with Crippen molar-refractivity contribution in [3.8, 4) is 6.01 Å². The number of aryl methyl sites for hydroxylation is 1. The van der Waals surface area contributed by atoms with Crippen LogP contribution in [0.25, 0.3) is 0 Å². The summed E-state index contributed by atoms with van der Waals surface area (Å²) in [7, 11) is 0. The van der Waals surface area contributed by atoms with Crippen LogP contribution in [0.3, 0.4) is 0 Å². The Morgan fingerprint density at radius 3 is 3.00 bits per heavy atom. The highest BCUT2D eigenvalue weighted by Gasteiger charge is 2.25. The number of aromatic nitrogens is 2. The van der Waals surface area contributed by atoms with Crippen molar-refractivity contribution in [3.63, 3.8) is 0 Å². The van der Waals surface area contributed by atoms with E-state index in [4.69, 9.17) is 4.74 Å². The quantitative estimate of drug-likeness (QED) is 0.904. The number of ether oxygens (including phenoxy) is 1. The molecule has 1 unspecified atom stereocenters. The average Bonchev–Trinajstić information content (AvgIpc) is 3.14. The summed E-state index contributed by atoms with van der Waals surface area (Å²) in [4.78, 5) is 23.7. The highest BCUT2D eigenvalue weighted by molar-refractivity contribution is 7.09. The Hall–Kier alpha value is -2.15. The van der Waals surface area contributed by atoms with E-state index in [1.807, 2.05) is 22.4 Å². The molecule has 2 aromatic heterocycles. The van der Waals surface area contributed by atoms with Gasteiger partial charge >= 0.3 is 12.0 Å². The lowest BCUT2D eigenvalue weighted by Crippen LogP contribution is -2.48. The van der Waals surface area contributed by atoms with Gasteiger partial charge in [-0.3, -0.25) is 0 Å². The number of hydrogen-bond acceptors (Lipinski definition) is 5. The van der Waals surface area contributed by atoms with Crippen LogP contribution < -0.4 is 10.1 Å². The van der Waals surface area contributed by atoms with E-state index in [1.54, 1.807) is 23.7 Å². The van der Waals surface area contributed by atoms with Gasteiger partial charge in [0.2, 0.25) is 0 Å². The molecule has 24 heavy (non-hydrogen) atoms. The number of likely N-dealkylation sites (tertiary alicyclic amines) is 1. The fraction of sp³-hybridized carbons (Fsp3) is 0.471. The normalized spacial score (nSPS) is 17.5. The second kappa shape index (κ2) is 8.10. The van der Waals surface area contributed by atoms with Gasteiger partial charge in [0.05, 0.1) is 13.1 Å². The lowest BCUT2D eigenvalue weighted by Gasteiger charge is -2.32. The number of thiophene rings is 1. The first-order valence-electron chi connectivity index (χ1n) is 8.27. The molecule has 6 nitrogen and oxygen atoms in total. The van der Waals surface area contributed by atoms with Crippen molar-refractivity contribution < 1.29 is 9.53 Å². The van der Waals surface area contributed by atoms with Gasteiger partial charge in [-0.05, 0) is 36.3 Å². The van der Waals surface area contributed by atoms with Crippen molar-refractivity contribution in [2.75, 3.05) is 13.1 Å². The maximum atomic E-state index is 12.3. The minimum absolute atomic E-state index is 0.0426. The number of hydrogen-bond donors (Lipinski definition) is 1. The monoisotopic (exact) mass is 346 g/mol. The largest absolute Gasteiger partial charge is 0.458 e. The molecular formula is C17H22N4O2S. The number of carbonyl (C=O) groups excluding carboxylic acids is 1. The maximum absolute atomic E-state index is 12.3. The van der Waals surface area contributed by atoms with Crippen LogP contribution in [0.4, 0.5) is 4.79 Å². The first-order valence-corrected chi connectivity index (χ1v) is 9.15. The van der Waals surface area contributed by atoms with Crippen LogP contribution in [-0.4, -0.2) is 40.1 Å². The summed E-state index contributed by atoms with van der Waals surface area (Å²) in [5, 5.41) is 4.97. The van der Waals surface area contributed by atoms with Crippen LogP contribution in [0, 0.1) is 0 Å². The molecule has 3 heterocycles. The standard InChI is InChI=1S/C17H22N4O2S/c1-2-13-9-18-16(19-10-13)23-14-5-3-7-21(12-14)17(22)20-11-15-6-4-8-24-15/h4,6,8-10,14H,2-3,5,7,11-12H2,1H3,(H,20,22). The van der Waals surface area contributed by atoms with Crippen molar-refractivity contribution in [1.29, 1.82) is 0 Å². The first-order chi connectivity index (χ1) is 11.7. The summed E-state index contributed by atoms with van der Waals surface area (Å²) in [6, 6.07) is 4.35. The number of carbonyl (C=O) groups is 1. The highest BCUT2D eigenvalue weighted by atomic mass is 32.1. The lowest BCUT2D eigenvalue weighted by molar-refractivity contribution is 0.0938. The zero-order valence-electron chi connectivity index (χ0n) is 13.8. The summed E-state index contributed by atoms with van der Waals surface area (Å²) in [6.45, 7) is 3.95. The summed E-state index contributed by atoms with van der Waals surface area (Å²) < 4.78 is 5.84. The van der Waals surface area contributed by atoms with E-state index >= 15 is 0 Å². The molecule has 1 fully saturated rings. The number of rotatable bonds is 5. The van der Waals surface area contributed by atoms with Crippen molar-refractivity contribution >= 4 is 17.4 Å². The highest BCUT2D eigenvalue weighted by Crippen LogP contribution is 2.16.